The van der Waals surface area contributed by atoms with Crippen LogP contribution >= 0.6 is 7.82 Å². The molecule has 0 bridgehead atoms. The number of carbonyl (C=O) groups excluding carboxylic acids is 2. The van der Waals surface area contributed by atoms with Crippen LogP contribution in [0, 0.1) is 0 Å². The molecule has 9 nitrogen and oxygen atoms in total. The highest BCUT2D eigenvalue weighted by Crippen LogP contribution is 2.43. The molecule has 0 amide bonds. The zero-order valence-electron chi connectivity index (χ0n) is 26.7. The van der Waals surface area contributed by atoms with Crippen LogP contribution in [0.25, 0.3) is 0 Å². The lowest BCUT2D eigenvalue weighted by Crippen LogP contribution is -2.29. The third kappa shape index (κ3) is 28.9. The average Bonchev–Trinajstić information content (AvgIpc) is 2.97. The van der Waals surface area contributed by atoms with Crippen molar-refractivity contribution in [2.45, 2.75) is 155 Å². The Labute approximate surface area is 256 Å². The maximum atomic E-state index is 12.4. The molecule has 0 aliphatic heterocycles. The van der Waals surface area contributed by atoms with Gasteiger partial charge in [-0.15, -0.1) is 0 Å². The van der Waals surface area contributed by atoms with E-state index in [9.17, 15) is 19.0 Å². The zero-order valence-corrected chi connectivity index (χ0v) is 27.6. The lowest BCUT2D eigenvalue weighted by molar-refractivity contribution is -0.161. The number of ether oxygens (including phenoxy) is 2. The minimum absolute atomic E-state index is 0.0541. The van der Waals surface area contributed by atoms with Crippen LogP contribution in [0.1, 0.15) is 149 Å². The molecular formula is C32H62NO8P. The second kappa shape index (κ2) is 29.8. The lowest BCUT2D eigenvalue weighted by Gasteiger charge is -2.19. The smallest absolute Gasteiger partial charge is 0.462 e. The largest absolute Gasteiger partial charge is 0.472 e. The van der Waals surface area contributed by atoms with Gasteiger partial charge in [-0.05, 0) is 38.5 Å². The highest BCUT2D eigenvalue weighted by atomic mass is 31.2. The molecule has 0 aromatic heterocycles. The van der Waals surface area contributed by atoms with Gasteiger partial charge < -0.3 is 20.1 Å². The van der Waals surface area contributed by atoms with Crippen molar-refractivity contribution in [1.82, 2.24) is 0 Å². The van der Waals surface area contributed by atoms with E-state index in [2.05, 4.69) is 26.0 Å². The maximum Gasteiger partial charge on any atom is 0.472 e. The predicted octanol–water partition coefficient (Wildman–Crippen LogP) is 8.32. The second-order valence-electron chi connectivity index (χ2n) is 11.0. The van der Waals surface area contributed by atoms with Crippen LogP contribution in [0.15, 0.2) is 12.2 Å². The molecule has 0 aromatic carbocycles. The number of esters is 2. The monoisotopic (exact) mass is 619 g/mol. The Kier molecular flexibility index (Phi) is 28.9. The number of allylic oxidation sites excluding steroid dienone is 2. The first-order chi connectivity index (χ1) is 20.3. The fraction of sp³-hybridized carbons (Fsp3) is 0.875. The van der Waals surface area contributed by atoms with E-state index in [1.807, 2.05) is 0 Å². The van der Waals surface area contributed by atoms with Crippen LogP contribution in [-0.2, 0) is 32.7 Å². The van der Waals surface area contributed by atoms with Crippen molar-refractivity contribution in [2.24, 2.45) is 5.73 Å². The van der Waals surface area contributed by atoms with E-state index < -0.39 is 26.5 Å². The molecule has 2 atom stereocenters. The van der Waals surface area contributed by atoms with Crippen LogP contribution in [-0.4, -0.2) is 49.3 Å². The molecule has 1 unspecified atom stereocenters. The Morgan fingerprint density at radius 2 is 1.17 bits per heavy atom. The number of phosphoric acid groups is 1. The van der Waals surface area contributed by atoms with E-state index in [4.69, 9.17) is 24.3 Å². The van der Waals surface area contributed by atoms with Crippen molar-refractivity contribution in [3.8, 4) is 0 Å². The summed E-state index contributed by atoms with van der Waals surface area (Å²) < 4.78 is 32.4. The van der Waals surface area contributed by atoms with Gasteiger partial charge in [0, 0.05) is 19.4 Å². The number of unbranched alkanes of at least 4 members (excludes halogenated alkanes) is 16. The van der Waals surface area contributed by atoms with E-state index in [1.165, 1.54) is 57.8 Å². The summed E-state index contributed by atoms with van der Waals surface area (Å²) >= 11 is 0. The normalized spacial score (nSPS) is 13.7. The van der Waals surface area contributed by atoms with Gasteiger partial charge in [0.25, 0.3) is 0 Å². The highest BCUT2D eigenvalue weighted by molar-refractivity contribution is 7.47. The zero-order chi connectivity index (χ0) is 31.2. The quantitative estimate of drug-likeness (QED) is 0.0340. The van der Waals surface area contributed by atoms with E-state index in [0.717, 1.165) is 57.8 Å². The van der Waals surface area contributed by atoms with Crippen molar-refractivity contribution in [2.75, 3.05) is 26.4 Å². The molecule has 0 heterocycles. The van der Waals surface area contributed by atoms with E-state index in [0.29, 0.717) is 6.42 Å². The van der Waals surface area contributed by atoms with Crippen molar-refractivity contribution in [3.63, 3.8) is 0 Å². The molecule has 0 radical (unpaired) electrons. The molecule has 0 saturated heterocycles. The first-order valence-corrected chi connectivity index (χ1v) is 18.2. The van der Waals surface area contributed by atoms with Crippen LogP contribution in [0.2, 0.25) is 0 Å². The Balaban J connectivity index is 4.31. The molecule has 0 saturated carbocycles. The molecule has 0 aromatic rings. The third-order valence-electron chi connectivity index (χ3n) is 6.90. The number of rotatable bonds is 31. The van der Waals surface area contributed by atoms with Gasteiger partial charge in [0.2, 0.25) is 0 Å². The van der Waals surface area contributed by atoms with Crippen molar-refractivity contribution < 1.29 is 37.6 Å². The molecule has 0 aliphatic rings. The van der Waals surface area contributed by atoms with Gasteiger partial charge in [-0.3, -0.25) is 18.6 Å². The Bertz CT molecular complexity index is 719. The molecule has 42 heavy (non-hydrogen) atoms. The SMILES string of the molecule is CCCCC/C=C\CCCCCCCC(=O)O[C@H](COC(=O)CCCCCCCCCCC)COP(=O)(O)OCCN. The topological polar surface area (TPSA) is 134 Å². The van der Waals surface area contributed by atoms with E-state index in [1.54, 1.807) is 0 Å². The second-order valence-corrected chi connectivity index (χ2v) is 12.5. The predicted molar refractivity (Wildman–Crippen MR) is 169 cm³/mol. The number of phosphoric ester groups is 1. The summed E-state index contributed by atoms with van der Waals surface area (Å²) in [4.78, 5) is 34.4. The summed E-state index contributed by atoms with van der Waals surface area (Å²) in [6.07, 6.45) is 25.3. The standard InChI is InChI=1S/C32H62NO8P/c1-3-5-7-9-11-13-14-15-17-19-21-23-25-32(35)41-30(29-40-42(36,37)39-27-26-33)28-38-31(34)24-22-20-18-16-12-10-8-6-4-2/h11,13,30H,3-10,12,14-29,33H2,1-2H3,(H,36,37)/b13-11-/t30-/m1/s1. The van der Waals surface area contributed by atoms with Gasteiger partial charge in [0.1, 0.15) is 6.61 Å². The molecule has 0 rings (SSSR count). The summed E-state index contributed by atoms with van der Waals surface area (Å²) in [5.74, 6) is -0.842. The lowest BCUT2D eigenvalue weighted by atomic mass is 10.1. The van der Waals surface area contributed by atoms with E-state index >= 15 is 0 Å². The minimum atomic E-state index is -4.36. The first-order valence-electron chi connectivity index (χ1n) is 16.7. The highest BCUT2D eigenvalue weighted by Gasteiger charge is 2.25. The molecule has 3 N–H and O–H groups in total. The molecule has 0 spiro atoms. The van der Waals surface area contributed by atoms with Gasteiger partial charge in [-0.2, -0.15) is 0 Å². The number of carbonyl (C=O) groups is 2. The van der Waals surface area contributed by atoms with Crippen molar-refractivity contribution >= 4 is 19.8 Å². The van der Waals surface area contributed by atoms with Gasteiger partial charge >= 0.3 is 19.8 Å². The van der Waals surface area contributed by atoms with Gasteiger partial charge in [-0.1, -0.05) is 109 Å². The summed E-state index contributed by atoms with van der Waals surface area (Å²) in [6, 6.07) is 0. The summed E-state index contributed by atoms with van der Waals surface area (Å²) in [5, 5.41) is 0. The van der Waals surface area contributed by atoms with Crippen LogP contribution in [0.3, 0.4) is 0 Å². The summed E-state index contributed by atoms with van der Waals surface area (Å²) in [5.41, 5.74) is 5.31. The van der Waals surface area contributed by atoms with Gasteiger partial charge in [0.05, 0.1) is 13.2 Å². The van der Waals surface area contributed by atoms with Crippen LogP contribution < -0.4 is 5.73 Å². The number of hydrogen-bond acceptors (Lipinski definition) is 8. The molecule has 0 aliphatic carbocycles. The van der Waals surface area contributed by atoms with Gasteiger partial charge in [0.15, 0.2) is 6.10 Å². The van der Waals surface area contributed by atoms with Crippen LogP contribution in [0.5, 0.6) is 0 Å². The first kappa shape index (κ1) is 40.8. The summed E-state index contributed by atoms with van der Waals surface area (Å²) in [6.45, 7) is 3.65. The van der Waals surface area contributed by atoms with Crippen molar-refractivity contribution in [3.05, 3.63) is 12.2 Å². The Hall–Kier alpha value is -1.25. The summed E-state index contributed by atoms with van der Waals surface area (Å²) in [7, 11) is -4.36. The molecule has 248 valence electrons. The number of hydrogen-bond donors (Lipinski definition) is 2. The molecule has 0 fully saturated rings. The number of nitrogens with two attached hydrogens (primary N) is 1. The fourth-order valence-corrected chi connectivity index (χ4v) is 5.16. The molecule has 10 heteroatoms. The minimum Gasteiger partial charge on any atom is -0.462 e. The fourth-order valence-electron chi connectivity index (χ4n) is 4.39. The van der Waals surface area contributed by atoms with E-state index in [-0.39, 0.29) is 38.6 Å². The Morgan fingerprint density at radius 1 is 0.690 bits per heavy atom. The maximum absolute atomic E-state index is 12.4. The Morgan fingerprint density at radius 3 is 1.74 bits per heavy atom. The van der Waals surface area contributed by atoms with Gasteiger partial charge in [-0.25, -0.2) is 4.57 Å². The van der Waals surface area contributed by atoms with Crippen molar-refractivity contribution in [1.29, 1.82) is 0 Å². The third-order valence-corrected chi connectivity index (χ3v) is 7.89. The molecular weight excluding hydrogens is 557 g/mol. The average molecular weight is 620 g/mol. The van der Waals surface area contributed by atoms with Crippen LogP contribution in [0.4, 0.5) is 0 Å².